The van der Waals surface area contributed by atoms with Gasteiger partial charge in [0.15, 0.2) is 0 Å². The van der Waals surface area contributed by atoms with Gasteiger partial charge >= 0.3 is 5.97 Å². The number of aliphatic hydroxyl groups is 1. The predicted molar refractivity (Wildman–Crippen MR) is 53.0 cm³/mol. The first-order chi connectivity index (χ1) is 6.42. The summed E-state index contributed by atoms with van der Waals surface area (Å²) in [5.41, 5.74) is 0.435. The van der Waals surface area contributed by atoms with Gasteiger partial charge in [0.05, 0.1) is 12.5 Å². The highest BCUT2D eigenvalue weighted by Gasteiger charge is 2.44. The molecule has 14 heavy (non-hydrogen) atoms. The van der Waals surface area contributed by atoms with E-state index in [1.165, 1.54) is 6.42 Å². The van der Waals surface area contributed by atoms with Crippen LogP contribution in [0.3, 0.4) is 0 Å². The molecule has 2 unspecified atom stereocenters. The molecule has 2 atom stereocenters. The van der Waals surface area contributed by atoms with Crippen LogP contribution in [0.2, 0.25) is 0 Å². The molecule has 1 aliphatic rings. The van der Waals surface area contributed by atoms with Crippen LogP contribution in [0.25, 0.3) is 0 Å². The Kier molecular flexibility index (Phi) is 3.50. The quantitative estimate of drug-likeness (QED) is 0.584. The topological polar surface area (TPSA) is 69.6 Å². The van der Waals surface area contributed by atoms with Crippen LogP contribution < -0.4 is 5.32 Å². The summed E-state index contributed by atoms with van der Waals surface area (Å²) in [7, 11) is 0. The first kappa shape index (κ1) is 11.5. The molecule has 0 aromatic carbocycles. The third kappa shape index (κ3) is 3.64. The SMILES string of the molecule is CC1(C)CC1CNCC(O)CC(=O)O. The molecule has 1 saturated carbocycles. The number of carbonyl (C=O) groups is 1. The number of nitrogens with one attached hydrogen (secondary N) is 1. The van der Waals surface area contributed by atoms with Crippen LogP contribution in [-0.4, -0.2) is 35.4 Å². The smallest absolute Gasteiger partial charge is 0.306 e. The Labute approximate surface area is 84.3 Å². The molecule has 1 rings (SSSR count). The van der Waals surface area contributed by atoms with Gasteiger partial charge in [-0.2, -0.15) is 0 Å². The molecule has 4 heteroatoms. The molecule has 0 bridgehead atoms. The maximum atomic E-state index is 10.2. The Bertz CT molecular complexity index is 215. The van der Waals surface area contributed by atoms with Crippen LogP contribution in [0.4, 0.5) is 0 Å². The van der Waals surface area contributed by atoms with Crippen LogP contribution in [0.1, 0.15) is 26.7 Å². The Hall–Kier alpha value is -0.610. The summed E-state index contributed by atoms with van der Waals surface area (Å²) >= 11 is 0. The second kappa shape index (κ2) is 4.28. The van der Waals surface area contributed by atoms with Crippen molar-refractivity contribution >= 4 is 5.97 Å². The van der Waals surface area contributed by atoms with Crippen molar-refractivity contribution < 1.29 is 15.0 Å². The third-order valence-corrected chi connectivity index (χ3v) is 2.90. The van der Waals surface area contributed by atoms with Crippen LogP contribution in [-0.2, 0) is 4.79 Å². The van der Waals surface area contributed by atoms with Crippen LogP contribution in [0.5, 0.6) is 0 Å². The number of carboxylic acids is 1. The summed E-state index contributed by atoms with van der Waals surface area (Å²) in [5.74, 6) is -0.273. The zero-order valence-electron chi connectivity index (χ0n) is 8.79. The summed E-state index contributed by atoms with van der Waals surface area (Å²) in [5, 5.41) is 20.7. The molecule has 0 saturated heterocycles. The molecular formula is C10H19NO3. The fourth-order valence-electron chi connectivity index (χ4n) is 1.62. The lowest BCUT2D eigenvalue weighted by atomic mass is 10.1. The molecule has 0 spiro atoms. The molecule has 0 aliphatic heterocycles. The van der Waals surface area contributed by atoms with Crippen molar-refractivity contribution in [1.29, 1.82) is 0 Å². The number of hydrogen-bond donors (Lipinski definition) is 3. The van der Waals surface area contributed by atoms with Crippen molar-refractivity contribution in [3.05, 3.63) is 0 Å². The summed E-state index contributed by atoms with van der Waals surface area (Å²) < 4.78 is 0. The standard InChI is InChI=1S/C10H19NO3/c1-10(2)4-7(10)5-11-6-8(12)3-9(13)14/h7-8,11-12H,3-6H2,1-2H3,(H,13,14). The van der Waals surface area contributed by atoms with Gasteiger partial charge in [-0.15, -0.1) is 0 Å². The molecular weight excluding hydrogens is 182 g/mol. The van der Waals surface area contributed by atoms with Crippen molar-refractivity contribution in [2.24, 2.45) is 11.3 Å². The van der Waals surface area contributed by atoms with E-state index in [0.29, 0.717) is 17.9 Å². The minimum Gasteiger partial charge on any atom is -0.481 e. The Morgan fingerprint density at radius 3 is 2.64 bits per heavy atom. The highest BCUT2D eigenvalue weighted by Crippen LogP contribution is 2.50. The number of rotatable bonds is 6. The van der Waals surface area contributed by atoms with Crippen LogP contribution >= 0.6 is 0 Å². The number of aliphatic hydroxyl groups excluding tert-OH is 1. The largest absolute Gasteiger partial charge is 0.481 e. The van der Waals surface area contributed by atoms with Gasteiger partial charge in [0.2, 0.25) is 0 Å². The Morgan fingerprint density at radius 2 is 2.21 bits per heavy atom. The van der Waals surface area contributed by atoms with Gasteiger partial charge in [0.25, 0.3) is 0 Å². The molecule has 1 fully saturated rings. The van der Waals surface area contributed by atoms with E-state index in [1.54, 1.807) is 0 Å². The van der Waals surface area contributed by atoms with E-state index in [0.717, 1.165) is 6.54 Å². The molecule has 0 aromatic rings. The fraction of sp³-hybridized carbons (Fsp3) is 0.900. The molecule has 0 amide bonds. The van der Waals surface area contributed by atoms with E-state index in [9.17, 15) is 9.90 Å². The average molecular weight is 201 g/mol. The second-order valence-electron chi connectivity index (χ2n) is 4.80. The van der Waals surface area contributed by atoms with Crippen molar-refractivity contribution in [3.8, 4) is 0 Å². The lowest BCUT2D eigenvalue weighted by molar-refractivity contribution is -0.139. The Morgan fingerprint density at radius 1 is 1.64 bits per heavy atom. The average Bonchev–Trinajstić information content (AvgIpc) is 2.57. The van der Waals surface area contributed by atoms with Gasteiger partial charge in [-0.25, -0.2) is 0 Å². The first-order valence-electron chi connectivity index (χ1n) is 5.02. The van der Waals surface area contributed by atoms with Gasteiger partial charge in [0.1, 0.15) is 0 Å². The van der Waals surface area contributed by atoms with E-state index in [4.69, 9.17) is 5.11 Å². The fourth-order valence-corrected chi connectivity index (χ4v) is 1.62. The Balaban J connectivity index is 2.02. The van der Waals surface area contributed by atoms with E-state index in [2.05, 4.69) is 19.2 Å². The van der Waals surface area contributed by atoms with Crippen LogP contribution in [0, 0.1) is 11.3 Å². The molecule has 0 heterocycles. The minimum absolute atomic E-state index is 0.180. The highest BCUT2D eigenvalue weighted by atomic mass is 16.4. The van der Waals surface area contributed by atoms with Crippen molar-refractivity contribution in [2.75, 3.05) is 13.1 Å². The molecule has 0 aromatic heterocycles. The van der Waals surface area contributed by atoms with E-state index in [1.807, 2.05) is 0 Å². The summed E-state index contributed by atoms with van der Waals surface area (Å²) in [4.78, 5) is 10.2. The molecule has 0 radical (unpaired) electrons. The van der Waals surface area contributed by atoms with Gasteiger partial charge in [0, 0.05) is 6.54 Å². The van der Waals surface area contributed by atoms with Gasteiger partial charge in [-0.1, -0.05) is 13.8 Å². The summed E-state index contributed by atoms with van der Waals surface area (Å²) in [6.45, 7) is 5.68. The normalized spacial score (nSPS) is 25.8. The van der Waals surface area contributed by atoms with Crippen molar-refractivity contribution in [2.45, 2.75) is 32.8 Å². The second-order valence-corrected chi connectivity index (χ2v) is 4.80. The number of carboxylic acid groups (broad SMARTS) is 1. The monoisotopic (exact) mass is 201 g/mol. The number of aliphatic carboxylic acids is 1. The lowest BCUT2D eigenvalue weighted by Crippen LogP contribution is -2.30. The zero-order valence-corrected chi connectivity index (χ0v) is 8.79. The highest BCUT2D eigenvalue weighted by molar-refractivity contribution is 5.67. The maximum Gasteiger partial charge on any atom is 0.306 e. The van der Waals surface area contributed by atoms with E-state index >= 15 is 0 Å². The molecule has 82 valence electrons. The van der Waals surface area contributed by atoms with Gasteiger partial charge in [-0.05, 0) is 24.3 Å². The summed E-state index contributed by atoms with van der Waals surface area (Å²) in [6, 6.07) is 0. The van der Waals surface area contributed by atoms with E-state index in [-0.39, 0.29) is 6.42 Å². The molecule has 1 aliphatic carbocycles. The predicted octanol–water partition coefficient (Wildman–Crippen LogP) is 0.458. The zero-order chi connectivity index (χ0) is 10.8. The van der Waals surface area contributed by atoms with Gasteiger partial charge in [-0.3, -0.25) is 4.79 Å². The molecule has 3 N–H and O–H groups in total. The number of hydrogen-bond acceptors (Lipinski definition) is 3. The lowest BCUT2D eigenvalue weighted by Gasteiger charge is -2.10. The summed E-state index contributed by atoms with van der Waals surface area (Å²) in [6.07, 6.45) is 0.269. The minimum atomic E-state index is -0.953. The third-order valence-electron chi connectivity index (χ3n) is 2.90. The first-order valence-corrected chi connectivity index (χ1v) is 5.02. The van der Waals surface area contributed by atoms with E-state index < -0.39 is 12.1 Å². The van der Waals surface area contributed by atoms with Crippen molar-refractivity contribution in [1.82, 2.24) is 5.32 Å². The van der Waals surface area contributed by atoms with Crippen molar-refractivity contribution in [3.63, 3.8) is 0 Å². The van der Waals surface area contributed by atoms with Gasteiger partial charge < -0.3 is 15.5 Å². The molecule has 4 nitrogen and oxygen atoms in total. The van der Waals surface area contributed by atoms with Crippen LogP contribution in [0.15, 0.2) is 0 Å². The maximum absolute atomic E-state index is 10.2.